The van der Waals surface area contributed by atoms with Gasteiger partial charge in [0.25, 0.3) is 0 Å². The quantitative estimate of drug-likeness (QED) is 0.732. The molecule has 132 valence electrons. The molecule has 0 spiro atoms. The van der Waals surface area contributed by atoms with Gasteiger partial charge in [0, 0.05) is 48.7 Å². The van der Waals surface area contributed by atoms with Crippen LogP contribution in [-0.2, 0) is 11.3 Å². The monoisotopic (exact) mass is 339 g/mol. The van der Waals surface area contributed by atoms with Crippen LogP contribution >= 0.6 is 0 Å². The first-order valence-corrected chi connectivity index (χ1v) is 8.92. The van der Waals surface area contributed by atoms with Crippen molar-refractivity contribution in [2.24, 2.45) is 0 Å². The van der Waals surface area contributed by atoms with Crippen LogP contribution in [0.2, 0.25) is 0 Å². The molecule has 0 aliphatic carbocycles. The van der Waals surface area contributed by atoms with Gasteiger partial charge in [0.2, 0.25) is 0 Å². The third-order valence-corrected chi connectivity index (χ3v) is 5.28. The summed E-state index contributed by atoms with van der Waals surface area (Å²) in [5.41, 5.74) is 3.51. The Morgan fingerprint density at radius 3 is 2.76 bits per heavy atom. The van der Waals surface area contributed by atoms with E-state index in [1.807, 2.05) is 12.3 Å². The fourth-order valence-electron chi connectivity index (χ4n) is 3.91. The molecule has 4 rings (SSSR count). The Morgan fingerprint density at radius 1 is 1.20 bits per heavy atom. The number of nitrogens with zero attached hydrogens (tertiary/aromatic N) is 3. The van der Waals surface area contributed by atoms with E-state index in [4.69, 9.17) is 9.47 Å². The lowest BCUT2D eigenvalue weighted by atomic mass is 10.1. The molecule has 5 nitrogen and oxygen atoms in total. The van der Waals surface area contributed by atoms with Gasteiger partial charge in [0.1, 0.15) is 5.75 Å². The van der Waals surface area contributed by atoms with E-state index >= 15 is 0 Å². The lowest BCUT2D eigenvalue weighted by Gasteiger charge is -2.32. The number of methoxy groups -OCH3 is 1. The summed E-state index contributed by atoms with van der Waals surface area (Å²) < 4.78 is 13.4. The van der Waals surface area contributed by atoms with E-state index in [9.17, 15) is 0 Å². The van der Waals surface area contributed by atoms with Crippen molar-refractivity contribution < 1.29 is 9.47 Å². The first-order valence-electron chi connectivity index (χ1n) is 8.92. The maximum absolute atomic E-state index is 5.50. The van der Waals surface area contributed by atoms with Crippen LogP contribution in [0.4, 0.5) is 0 Å². The molecule has 1 saturated heterocycles. The van der Waals surface area contributed by atoms with Crippen LogP contribution < -0.4 is 4.74 Å². The van der Waals surface area contributed by atoms with Gasteiger partial charge in [0.05, 0.1) is 37.1 Å². The Bertz CT molecular complexity index is 897. The highest BCUT2D eigenvalue weighted by Crippen LogP contribution is 2.33. The first-order chi connectivity index (χ1) is 12.2. The lowest BCUT2D eigenvalue weighted by molar-refractivity contribution is 0.0174. The Balaban J connectivity index is 1.84. The molecule has 1 aliphatic rings. The molecule has 0 radical (unpaired) electrons. The standard InChI is InChI=1S/C20H25N3O2/c1-14(22-8-10-25-11-9-22)13-23-19-12-16(24-3)4-5-17(19)18-6-7-21-15(2)20(18)23/h4-7,12,14H,8-11,13H2,1-3H3/t14-/m0/s1. The van der Waals surface area contributed by atoms with Gasteiger partial charge in [-0.3, -0.25) is 9.88 Å². The molecule has 0 bridgehead atoms. The fourth-order valence-corrected chi connectivity index (χ4v) is 3.91. The van der Waals surface area contributed by atoms with Crippen LogP contribution in [-0.4, -0.2) is 53.9 Å². The van der Waals surface area contributed by atoms with Gasteiger partial charge in [-0.15, -0.1) is 0 Å². The van der Waals surface area contributed by atoms with E-state index in [0.29, 0.717) is 6.04 Å². The van der Waals surface area contributed by atoms with Crippen molar-refractivity contribution in [2.45, 2.75) is 26.4 Å². The molecular formula is C20H25N3O2. The zero-order valence-electron chi connectivity index (χ0n) is 15.2. The molecule has 5 heteroatoms. The van der Waals surface area contributed by atoms with Crippen molar-refractivity contribution in [3.05, 3.63) is 36.2 Å². The van der Waals surface area contributed by atoms with Crippen LogP contribution in [0.25, 0.3) is 21.8 Å². The predicted molar refractivity (Wildman–Crippen MR) is 100 cm³/mol. The van der Waals surface area contributed by atoms with Gasteiger partial charge in [-0.2, -0.15) is 0 Å². The van der Waals surface area contributed by atoms with Gasteiger partial charge in [-0.25, -0.2) is 0 Å². The highest BCUT2D eigenvalue weighted by atomic mass is 16.5. The van der Waals surface area contributed by atoms with Crippen molar-refractivity contribution in [3.63, 3.8) is 0 Å². The molecule has 3 aromatic rings. The smallest absolute Gasteiger partial charge is 0.120 e. The largest absolute Gasteiger partial charge is 0.497 e. The van der Waals surface area contributed by atoms with E-state index in [0.717, 1.165) is 44.3 Å². The molecule has 0 amide bonds. The highest BCUT2D eigenvalue weighted by molar-refractivity contribution is 6.09. The normalized spacial score (nSPS) is 17.2. The summed E-state index contributed by atoms with van der Waals surface area (Å²) in [5, 5.41) is 2.52. The second-order valence-corrected chi connectivity index (χ2v) is 6.78. The number of pyridine rings is 1. The average Bonchev–Trinajstić information content (AvgIpc) is 2.97. The van der Waals surface area contributed by atoms with Crippen LogP contribution in [0.1, 0.15) is 12.6 Å². The SMILES string of the molecule is COc1ccc2c3ccnc(C)c3n(C[C@H](C)N3CCOCC3)c2c1. The summed E-state index contributed by atoms with van der Waals surface area (Å²) in [6.07, 6.45) is 1.90. The third-order valence-electron chi connectivity index (χ3n) is 5.28. The Hall–Kier alpha value is -2.11. The summed E-state index contributed by atoms with van der Waals surface area (Å²) in [5.74, 6) is 0.890. The third kappa shape index (κ3) is 2.87. The minimum Gasteiger partial charge on any atom is -0.497 e. The number of hydrogen-bond donors (Lipinski definition) is 0. The van der Waals surface area contributed by atoms with Crippen LogP contribution in [0.15, 0.2) is 30.5 Å². The number of fused-ring (bicyclic) bond motifs is 3. The maximum atomic E-state index is 5.50. The molecule has 1 atom stereocenters. The number of benzene rings is 1. The van der Waals surface area contributed by atoms with E-state index in [1.165, 1.54) is 21.8 Å². The average molecular weight is 339 g/mol. The molecule has 25 heavy (non-hydrogen) atoms. The zero-order valence-corrected chi connectivity index (χ0v) is 15.2. The van der Waals surface area contributed by atoms with Crippen molar-refractivity contribution in [2.75, 3.05) is 33.4 Å². The van der Waals surface area contributed by atoms with Gasteiger partial charge < -0.3 is 14.0 Å². The minimum absolute atomic E-state index is 0.438. The first kappa shape index (κ1) is 16.4. The summed E-state index contributed by atoms with van der Waals surface area (Å²) in [4.78, 5) is 7.05. The maximum Gasteiger partial charge on any atom is 0.120 e. The number of hydrogen-bond acceptors (Lipinski definition) is 4. The number of aryl methyl sites for hydroxylation is 1. The van der Waals surface area contributed by atoms with Crippen molar-refractivity contribution in [1.82, 2.24) is 14.5 Å². The second kappa shape index (κ2) is 6.65. The summed E-state index contributed by atoms with van der Waals surface area (Å²) in [6.45, 7) is 8.97. The summed E-state index contributed by atoms with van der Waals surface area (Å²) in [7, 11) is 1.72. The van der Waals surface area contributed by atoms with Gasteiger partial charge in [0.15, 0.2) is 0 Å². The Kier molecular flexibility index (Phi) is 4.36. The molecule has 2 aromatic heterocycles. The van der Waals surface area contributed by atoms with Gasteiger partial charge in [-0.05, 0) is 32.0 Å². The lowest BCUT2D eigenvalue weighted by Crippen LogP contribution is -2.43. The predicted octanol–water partition coefficient (Wildman–Crippen LogP) is 3.23. The van der Waals surface area contributed by atoms with E-state index < -0.39 is 0 Å². The number of ether oxygens (including phenoxy) is 2. The molecule has 3 heterocycles. The highest BCUT2D eigenvalue weighted by Gasteiger charge is 2.20. The van der Waals surface area contributed by atoms with E-state index in [2.05, 4.69) is 46.5 Å². The Labute approximate surface area is 148 Å². The molecule has 1 aromatic carbocycles. The molecular weight excluding hydrogens is 314 g/mol. The van der Waals surface area contributed by atoms with Crippen LogP contribution in [0.5, 0.6) is 5.75 Å². The Morgan fingerprint density at radius 2 is 2.00 bits per heavy atom. The molecule has 0 N–H and O–H groups in total. The van der Waals surface area contributed by atoms with Gasteiger partial charge in [-0.1, -0.05) is 0 Å². The summed E-state index contributed by atoms with van der Waals surface area (Å²) in [6, 6.07) is 8.89. The molecule has 1 aliphatic heterocycles. The fraction of sp³-hybridized carbons (Fsp3) is 0.450. The number of morpholine rings is 1. The zero-order chi connectivity index (χ0) is 17.4. The molecule has 1 fully saturated rings. The molecule has 0 unspecified atom stereocenters. The van der Waals surface area contributed by atoms with Crippen LogP contribution in [0, 0.1) is 6.92 Å². The van der Waals surface area contributed by atoms with Gasteiger partial charge >= 0.3 is 0 Å². The number of rotatable bonds is 4. The molecule has 0 saturated carbocycles. The van der Waals surface area contributed by atoms with Crippen molar-refractivity contribution in [3.8, 4) is 5.75 Å². The number of aromatic nitrogens is 2. The van der Waals surface area contributed by atoms with E-state index in [-0.39, 0.29) is 0 Å². The van der Waals surface area contributed by atoms with Crippen LogP contribution in [0.3, 0.4) is 0 Å². The van der Waals surface area contributed by atoms with Crippen molar-refractivity contribution >= 4 is 21.8 Å². The van der Waals surface area contributed by atoms with E-state index in [1.54, 1.807) is 7.11 Å². The summed E-state index contributed by atoms with van der Waals surface area (Å²) >= 11 is 0. The van der Waals surface area contributed by atoms with Crippen molar-refractivity contribution in [1.29, 1.82) is 0 Å². The topological polar surface area (TPSA) is 39.5 Å². The minimum atomic E-state index is 0.438. The second-order valence-electron chi connectivity index (χ2n) is 6.78.